The van der Waals surface area contributed by atoms with Gasteiger partial charge in [0.15, 0.2) is 0 Å². The SMILES string of the molecule is O=C(OCCn1cc(C2C=CC=C2)nn1)C1CC2C=CC1C2. The number of allylic oxidation sites excluding steroid dienone is 6. The first-order valence-corrected chi connectivity index (χ1v) is 7.89. The zero-order valence-corrected chi connectivity index (χ0v) is 12.3. The number of nitrogens with zero attached hydrogens (tertiary/aromatic N) is 3. The fourth-order valence-electron chi connectivity index (χ4n) is 3.60. The minimum absolute atomic E-state index is 0.0566. The maximum atomic E-state index is 12.1. The van der Waals surface area contributed by atoms with Gasteiger partial charge in [0.2, 0.25) is 0 Å². The van der Waals surface area contributed by atoms with Crippen LogP contribution in [0.25, 0.3) is 0 Å². The summed E-state index contributed by atoms with van der Waals surface area (Å²) in [5.41, 5.74) is 0.926. The highest BCUT2D eigenvalue weighted by Crippen LogP contribution is 2.43. The molecule has 0 aromatic carbocycles. The van der Waals surface area contributed by atoms with Crippen molar-refractivity contribution in [3.8, 4) is 0 Å². The van der Waals surface area contributed by atoms with Gasteiger partial charge >= 0.3 is 5.97 Å². The summed E-state index contributed by atoms with van der Waals surface area (Å²) in [6.45, 7) is 0.908. The third-order valence-corrected chi connectivity index (χ3v) is 4.79. The molecule has 3 unspecified atom stereocenters. The van der Waals surface area contributed by atoms with Crippen LogP contribution >= 0.6 is 0 Å². The van der Waals surface area contributed by atoms with Crippen LogP contribution in [0.15, 0.2) is 42.7 Å². The number of hydrogen-bond donors (Lipinski definition) is 0. The van der Waals surface area contributed by atoms with Gasteiger partial charge in [0.1, 0.15) is 6.61 Å². The van der Waals surface area contributed by atoms with Gasteiger partial charge in [-0.15, -0.1) is 5.10 Å². The predicted molar refractivity (Wildman–Crippen MR) is 80.8 cm³/mol. The number of fused-ring (bicyclic) bond motifs is 2. The highest BCUT2D eigenvalue weighted by molar-refractivity contribution is 5.74. The second-order valence-electron chi connectivity index (χ2n) is 6.26. The Morgan fingerprint density at radius 3 is 2.82 bits per heavy atom. The van der Waals surface area contributed by atoms with Crippen molar-refractivity contribution in [2.75, 3.05) is 6.61 Å². The van der Waals surface area contributed by atoms with Crippen molar-refractivity contribution < 1.29 is 9.53 Å². The molecule has 3 atom stereocenters. The molecule has 1 aromatic heterocycles. The molecular weight excluding hydrogens is 278 g/mol. The first kappa shape index (κ1) is 13.5. The van der Waals surface area contributed by atoms with Crippen molar-refractivity contribution in [3.63, 3.8) is 0 Å². The number of ether oxygens (including phenoxy) is 1. The summed E-state index contributed by atoms with van der Waals surface area (Å²) in [5.74, 6) is 1.22. The van der Waals surface area contributed by atoms with E-state index in [-0.39, 0.29) is 17.8 Å². The highest BCUT2D eigenvalue weighted by atomic mass is 16.5. The van der Waals surface area contributed by atoms with Crippen molar-refractivity contribution in [2.24, 2.45) is 17.8 Å². The van der Waals surface area contributed by atoms with E-state index in [1.165, 1.54) is 0 Å². The van der Waals surface area contributed by atoms with E-state index in [2.05, 4.69) is 34.6 Å². The summed E-state index contributed by atoms with van der Waals surface area (Å²) < 4.78 is 7.17. The Hall–Kier alpha value is -2.17. The Bertz CT molecular complexity index is 647. The van der Waals surface area contributed by atoms with Gasteiger partial charge in [-0.2, -0.15) is 0 Å². The Morgan fingerprint density at radius 1 is 1.23 bits per heavy atom. The van der Waals surface area contributed by atoms with E-state index in [0.717, 1.165) is 18.5 Å². The molecule has 22 heavy (non-hydrogen) atoms. The number of carbonyl (C=O) groups excluding carboxylic acids is 1. The van der Waals surface area contributed by atoms with Crippen molar-refractivity contribution in [1.82, 2.24) is 15.0 Å². The lowest BCUT2D eigenvalue weighted by atomic mass is 9.94. The molecule has 0 saturated heterocycles. The van der Waals surface area contributed by atoms with Crippen LogP contribution in [-0.4, -0.2) is 27.6 Å². The number of esters is 1. The minimum atomic E-state index is -0.0566. The molecule has 1 fully saturated rings. The Balaban J connectivity index is 1.27. The third-order valence-electron chi connectivity index (χ3n) is 4.79. The zero-order chi connectivity index (χ0) is 14.9. The molecule has 0 aliphatic heterocycles. The molecule has 3 aliphatic carbocycles. The van der Waals surface area contributed by atoms with E-state index < -0.39 is 0 Å². The van der Waals surface area contributed by atoms with Crippen LogP contribution in [0.1, 0.15) is 24.5 Å². The van der Waals surface area contributed by atoms with E-state index in [1.807, 2.05) is 18.3 Å². The van der Waals surface area contributed by atoms with Gasteiger partial charge in [0.25, 0.3) is 0 Å². The minimum Gasteiger partial charge on any atom is -0.463 e. The van der Waals surface area contributed by atoms with Crippen LogP contribution in [0, 0.1) is 17.8 Å². The lowest BCUT2D eigenvalue weighted by Crippen LogP contribution is -2.23. The predicted octanol–water partition coefficient (Wildman–Crippen LogP) is 2.24. The van der Waals surface area contributed by atoms with E-state index in [1.54, 1.807) is 4.68 Å². The molecule has 2 bridgehead atoms. The maximum absolute atomic E-state index is 12.1. The average molecular weight is 297 g/mol. The van der Waals surface area contributed by atoms with E-state index >= 15 is 0 Å². The van der Waals surface area contributed by atoms with Crippen LogP contribution in [-0.2, 0) is 16.1 Å². The smallest absolute Gasteiger partial charge is 0.309 e. The fraction of sp³-hybridized carbons (Fsp3) is 0.471. The standard InChI is InChI=1S/C17H19N3O2/c21-17(15-10-12-5-6-14(15)9-12)22-8-7-20-11-16(18-19-20)13-3-1-2-4-13/h1-6,11-15H,7-10H2. The summed E-state index contributed by atoms with van der Waals surface area (Å²) in [6.07, 6.45) is 16.6. The molecular formula is C17H19N3O2. The van der Waals surface area contributed by atoms with Gasteiger partial charge in [-0.25, -0.2) is 4.68 Å². The summed E-state index contributed by atoms with van der Waals surface area (Å²) >= 11 is 0. The summed E-state index contributed by atoms with van der Waals surface area (Å²) in [5, 5.41) is 8.26. The largest absolute Gasteiger partial charge is 0.463 e. The van der Waals surface area contributed by atoms with Gasteiger partial charge in [0.05, 0.1) is 18.2 Å². The van der Waals surface area contributed by atoms with E-state index in [9.17, 15) is 4.79 Å². The van der Waals surface area contributed by atoms with E-state index in [0.29, 0.717) is 25.0 Å². The Labute approximate surface area is 129 Å². The third kappa shape index (κ3) is 2.51. The lowest BCUT2D eigenvalue weighted by Gasteiger charge is -2.16. The van der Waals surface area contributed by atoms with E-state index in [4.69, 9.17) is 4.74 Å². The van der Waals surface area contributed by atoms with Gasteiger partial charge in [-0.05, 0) is 24.7 Å². The molecule has 0 radical (unpaired) electrons. The molecule has 114 valence electrons. The monoisotopic (exact) mass is 297 g/mol. The quantitative estimate of drug-likeness (QED) is 0.618. The molecule has 0 N–H and O–H groups in total. The van der Waals surface area contributed by atoms with Crippen LogP contribution in [0.2, 0.25) is 0 Å². The zero-order valence-electron chi connectivity index (χ0n) is 12.3. The normalized spacial score (nSPS) is 28.8. The van der Waals surface area contributed by atoms with Gasteiger partial charge in [-0.3, -0.25) is 4.79 Å². The summed E-state index contributed by atoms with van der Waals surface area (Å²) in [6, 6.07) is 0. The van der Waals surface area contributed by atoms with Gasteiger partial charge < -0.3 is 4.74 Å². The molecule has 4 rings (SSSR count). The van der Waals surface area contributed by atoms with Crippen LogP contribution in [0.5, 0.6) is 0 Å². The van der Waals surface area contributed by atoms with Crippen molar-refractivity contribution in [2.45, 2.75) is 25.3 Å². The molecule has 1 saturated carbocycles. The van der Waals surface area contributed by atoms with Crippen LogP contribution in [0.3, 0.4) is 0 Å². The molecule has 0 spiro atoms. The number of rotatable bonds is 5. The number of hydrogen-bond acceptors (Lipinski definition) is 4. The first-order valence-electron chi connectivity index (χ1n) is 7.89. The summed E-state index contributed by atoms with van der Waals surface area (Å²) in [7, 11) is 0. The molecule has 5 heteroatoms. The molecule has 3 aliphatic rings. The molecule has 0 amide bonds. The van der Waals surface area contributed by atoms with Crippen molar-refractivity contribution in [1.29, 1.82) is 0 Å². The topological polar surface area (TPSA) is 57.0 Å². The van der Waals surface area contributed by atoms with Crippen molar-refractivity contribution >= 4 is 5.97 Å². The Morgan fingerprint density at radius 2 is 2.09 bits per heavy atom. The highest BCUT2D eigenvalue weighted by Gasteiger charge is 2.40. The lowest BCUT2D eigenvalue weighted by molar-refractivity contribution is -0.149. The second-order valence-corrected chi connectivity index (χ2v) is 6.26. The number of aromatic nitrogens is 3. The second kappa shape index (κ2) is 5.55. The maximum Gasteiger partial charge on any atom is 0.309 e. The molecule has 5 nitrogen and oxygen atoms in total. The summed E-state index contributed by atoms with van der Waals surface area (Å²) in [4.78, 5) is 12.1. The van der Waals surface area contributed by atoms with Gasteiger partial charge in [-0.1, -0.05) is 41.7 Å². The van der Waals surface area contributed by atoms with Crippen LogP contribution in [0.4, 0.5) is 0 Å². The first-order chi connectivity index (χ1) is 10.8. The van der Waals surface area contributed by atoms with Gasteiger partial charge in [0, 0.05) is 12.1 Å². The van der Waals surface area contributed by atoms with Crippen LogP contribution < -0.4 is 0 Å². The molecule has 1 heterocycles. The number of carbonyl (C=O) groups is 1. The van der Waals surface area contributed by atoms with Crippen molar-refractivity contribution in [3.05, 3.63) is 48.3 Å². The average Bonchev–Trinajstić information content (AvgIpc) is 3.29. The molecule has 1 aromatic rings. The fourth-order valence-corrected chi connectivity index (χ4v) is 3.60. The Kier molecular flexibility index (Phi) is 3.41.